The molecule has 22 heavy (non-hydrogen) atoms. The van der Waals surface area contributed by atoms with Crippen molar-refractivity contribution in [3.05, 3.63) is 63.2 Å². The van der Waals surface area contributed by atoms with Crippen molar-refractivity contribution in [1.82, 2.24) is 10.6 Å². The molecule has 0 spiro atoms. The first-order valence-corrected chi connectivity index (χ1v) is 7.76. The highest BCUT2D eigenvalue weighted by Gasteiger charge is 2.09. The van der Waals surface area contributed by atoms with E-state index in [1.54, 1.807) is 24.3 Å². The number of amides is 2. The van der Waals surface area contributed by atoms with Crippen molar-refractivity contribution in [2.24, 2.45) is 0 Å². The Morgan fingerprint density at radius 2 is 1.64 bits per heavy atom. The van der Waals surface area contributed by atoms with Crippen LogP contribution in [0.4, 0.5) is 0 Å². The summed E-state index contributed by atoms with van der Waals surface area (Å²) in [7, 11) is 0. The van der Waals surface area contributed by atoms with Gasteiger partial charge in [0.1, 0.15) is 5.75 Å². The number of carbonyl (C=O) groups excluding carboxylic acids is 2. The van der Waals surface area contributed by atoms with Gasteiger partial charge in [-0.3, -0.25) is 9.59 Å². The van der Waals surface area contributed by atoms with Crippen LogP contribution in [-0.2, 0) is 0 Å². The van der Waals surface area contributed by atoms with Crippen LogP contribution < -0.4 is 10.6 Å². The largest absolute Gasteiger partial charge is 0.508 e. The molecule has 3 N–H and O–H groups in total. The van der Waals surface area contributed by atoms with Crippen molar-refractivity contribution in [2.45, 2.75) is 0 Å². The van der Waals surface area contributed by atoms with E-state index in [0.717, 1.165) is 3.57 Å². The highest BCUT2D eigenvalue weighted by Crippen LogP contribution is 2.11. The number of hydrogen-bond donors (Lipinski definition) is 3. The lowest BCUT2D eigenvalue weighted by Gasteiger charge is -2.08. The summed E-state index contributed by atoms with van der Waals surface area (Å²) in [5, 5.41) is 14.8. The van der Waals surface area contributed by atoms with Crippen molar-refractivity contribution in [3.63, 3.8) is 0 Å². The molecule has 6 heteroatoms. The number of phenols is 1. The topological polar surface area (TPSA) is 78.4 Å². The number of rotatable bonds is 5. The predicted octanol–water partition coefficient (Wildman–Crippen LogP) is 2.16. The highest BCUT2D eigenvalue weighted by molar-refractivity contribution is 14.1. The number of phenolic OH excluding ortho intramolecular Hbond substituents is 1. The number of aromatic hydroxyl groups is 1. The maximum Gasteiger partial charge on any atom is 0.252 e. The third-order valence-electron chi connectivity index (χ3n) is 2.92. The second-order valence-electron chi connectivity index (χ2n) is 4.54. The van der Waals surface area contributed by atoms with E-state index in [0.29, 0.717) is 24.2 Å². The Balaban J connectivity index is 1.79. The summed E-state index contributed by atoms with van der Waals surface area (Å²) in [4.78, 5) is 23.8. The standard InChI is InChI=1S/C16H15IN2O3/c17-14-7-2-1-6-13(14)16(22)19-9-8-18-15(21)11-4-3-5-12(20)10-11/h1-7,10,20H,8-9H2,(H,18,21)(H,19,22). The fraction of sp³-hybridized carbons (Fsp3) is 0.125. The second kappa shape index (κ2) is 7.79. The van der Waals surface area contributed by atoms with Crippen molar-refractivity contribution in [3.8, 4) is 5.75 Å². The average molecular weight is 410 g/mol. The molecule has 0 atom stereocenters. The van der Waals surface area contributed by atoms with E-state index in [1.807, 2.05) is 12.1 Å². The van der Waals surface area contributed by atoms with Gasteiger partial charge in [0.15, 0.2) is 0 Å². The Morgan fingerprint density at radius 3 is 2.32 bits per heavy atom. The van der Waals surface area contributed by atoms with Gasteiger partial charge in [0.25, 0.3) is 11.8 Å². The van der Waals surface area contributed by atoms with Crippen molar-refractivity contribution >= 4 is 34.4 Å². The summed E-state index contributed by atoms with van der Waals surface area (Å²) in [6.07, 6.45) is 0. The third kappa shape index (κ3) is 4.45. The highest BCUT2D eigenvalue weighted by atomic mass is 127. The Morgan fingerprint density at radius 1 is 0.955 bits per heavy atom. The SMILES string of the molecule is O=C(NCCNC(=O)c1ccccc1I)c1cccc(O)c1. The molecule has 0 aliphatic rings. The van der Waals surface area contributed by atoms with Gasteiger partial charge < -0.3 is 15.7 Å². The molecule has 0 bridgehead atoms. The molecule has 2 aromatic carbocycles. The molecule has 0 aromatic heterocycles. The summed E-state index contributed by atoms with van der Waals surface area (Å²) < 4.78 is 0.876. The normalized spacial score (nSPS) is 10.0. The Labute approximate surface area is 141 Å². The Hall–Kier alpha value is -2.09. The van der Waals surface area contributed by atoms with E-state index < -0.39 is 0 Å². The Kier molecular flexibility index (Phi) is 5.76. The maximum absolute atomic E-state index is 12.0. The van der Waals surface area contributed by atoms with Crippen LogP contribution in [0, 0.1) is 3.57 Å². The van der Waals surface area contributed by atoms with Crippen LogP contribution in [-0.4, -0.2) is 30.0 Å². The number of nitrogens with one attached hydrogen (secondary N) is 2. The summed E-state index contributed by atoms with van der Waals surface area (Å²) in [6.45, 7) is 0.637. The minimum absolute atomic E-state index is 0.0413. The molecule has 0 heterocycles. The van der Waals surface area contributed by atoms with Gasteiger partial charge in [0.05, 0.1) is 5.56 Å². The van der Waals surface area contributed by atoms with Gasteiger partial charge in [0, 0.05) is 22.2 Å². The lowest BCUT2D eigenvalue weighted by molar-refractivity contribution is 0.0927. The predicted molar refractivity (Wildman–Crippen MR) is 91.9 cm³/mol. The average Bonchev–Trinajstić information content (AvgIpc) is 2.51. The van der Waals surface area contributed by atoms with E-state index >= 15 is 0 Å². The van der Waals surface area contributed by atoms with E-state index in [4.69, 9.17) is 0 Å². The zero-order valence-corrected chi connectivity index (χ0v) is 13.8. The van der Waals surface area contributed by atoms with Crippen LogP contribution in [0.2, 0.25) is 0 Å². The second-order valence-corrected chi connectivity index (χ2v) is 5.70. The van der Waals surface area contributed by atoms with Gasteiger partial charge in [0.2, 0.25) is 0 Å². The van der Waals surface area contributed by atoms with Gasteiger partial charge in [-0.25, -0.2) is 0 Å². The van der Waals surface area contributed by atoms with Crippen molar-refractivity contribution in [1.29, 1.82) is 0 Å². The lowest BCUT2D eigenvalue weighted by atomic mass is 10.2. The summed E-state index contributed by atoms with van der Waals surface area (Å²) in [5.74, 6) is -0.421. The quantitative estimate of drug-likeness (QED) is 0.522. The molecule has 2 rings (SSSR count). The van der Waals surface area contributed by atoms with Gasteiger partial charge >= 0.3 is 0 Å². The molecule has 0 aliphatic carbocycles. The molecule has 0 fully saturated rings. The van der Waals surface area contributed by atoms with Gasteiger partial charge in [-0.15, -0.1) is 0 Å². The van der Waals surface area contributed by atoms with Gasteiger partial charge in [-0.05, 0) is 52.9 Å². The smallest absolute Gasteiger partial charge is 0.252 e. The first-order valence-electron chi connectivity index (χ1n) is 6.68. The number of halogens is 1. The van der Waals surface area contributed by atoms with Gasteiger partial charge in [-0.1, -0.05) is 18.2 Å². The minimum Gasteiger partial charge on any atom is -0.508 e. The molecule has 0 unspecified atom stereocenters. The molecule has 2 aromatic rings. The van der Waals surface area contributed by atoms with Crippen LogP contribution in [0.25, 0.3) is 0 Å². The fourth-order valence-corrected chi connectivity index (χ4v) is 2.47. The summed E-state index contributed by atoms with van der Waals surface area (Å²) >= 11 is 2.10. The lowest BCUT2D eigenvalue weighted by Crippen LogP contribution is -2.34. The van der Waals surface area contributed by atoms with Crippen LogP contribution in [0.5, 0.6) is 5.75 Å². The first kappa shape index (κ1) is 16.3. The minimum atomic E-state index is -0.292. The molecule has 0 aliphatic heterocycles. The van der Waals surface area contributed by atoms with Crippen molar-refractivity contribution < 1.29 is 14.7 Å². The first-order chi connectivity index (χ1) is 10.6. The van der Waals surface area contributed by atoms with Crippen LogP contribution in [0.1, 0.15) is 20.7 Å². The molecule has 114 valence electrons. The van der Waals surface area contributed by atoms with E-state index in [1.165, 1.54) is 12.1 Å². The fourth-order valence-electron chi connectivity index (χ4n) is 1.84. The van der Waals surface area contributed by atoms with Crippen LogP contribution in [0.3, 0.4) is 0 Å². The molecule has 0 saturated carbocycles. The number of carbonyl (C=O) groups is 2. The monoisotopic (exact) mass is 410 g/mol. The molecular weight excluding hydrogens is 395 g/mol. The Bertz CT molecular complexity index is 689. The van der Waals surface area contributed by atoms with Crippen molar-refractivity contribution in [2.75, 3.05) is 13.1 Å². The maximum atomic E-state index is 12.0. The summed E-state index contributed by atoms with van der Waals surface area (Å²) in [6, 6.07) is 13.4. The van der Waals surface area contributed by atoms with E-state index in [-0.39, 0.29) is 17.6 Å². The number of hydrogen-bond acceptors (Lipinski definition) is 3. The zero-order valence-electron chi connectivity index (χ0n) is 11.7. The molecule has 0 saturated heterocycles. The molecule has 2 amide bonds. The molecular formula is C16H15IN2O3. The summed E-state index contributed by atoms with van der Waals surface area (Å²) in [5.41, 5.74) is 0.992. The van der Waals surface area contributed by atoms with Gasteiger partial charge in [-0.2, -0.15) is 0 Å². The van der Waals surface area contributed by atoms with E-state index in [2.05, 4.69) is 33.2 Å². The number of benzene rings is 2. The zero-order chi connectivity index (χ0) is 15.9. The third-order valence-corrected chi connectivity index (χ3v) is 3.86. The molecule has 0 radical (unpaired) electrons. The van der Waals surface area contributed by atoms with E-state index in [9.17, 15) is 14.7 Å². The van der Waals surface area contributed by atoms with Crippen LogP contribution in [0.15, 0.2) is 48.5 Å². The van der Waals surface area contributed by atoms with Crippen LogP contribution >= 0.6 is 22.6 Å². The molecule has 5 nitrogen and oxygen atoms in total.